The number of carbonyl (C=O) groups is 1. The first-order valence-electron chi connectivity index (χ1n) is 10.3. The molecule has 0 aliphatic carbocycles. The van der Waals surface area contributed by atoms with E-state index in [1.54, 1.807) is 0 Å². The first kappa shape index (κ1) is 18.8. The minimum atomic E-state index is -0.245. The summed E-state index contributed by atoms with van der Waals surface area (Å²) >= 11 is 0. The molecule has 2 aliphatic rings. The highest BCUT2D eigenvalue weighted by molar-refractivity contribution is 5.95. The third kappa shape index (κ3) is 3.45. The average molecular weight is 377 g/mol. The second-order valence-electron chi connectivity index (χ2n) is 7.53. The van der Waals surface area contributed by atoms with Crippen LogP contribution in [0.1, 0.15) is 48.2 Å². The third-order valence-corrected chi connectivity index (χ3v) is 5.84. The van der Waals surface area contributed by atoms with Crippen LogP contribution in [0.5, 0.6) is 5.75 Å². The molecule has 1 amide bonds. The molecule has 4 rings (SSSR count). The summed E-state index contributed by atoms with van der Waals surface area (Å²) in [6.45, 7) is 7.40. The van der Waals surface area contributed by atoms with Gasteiger partial charge in [-0.1, -0.05) is 30.3 Å². The number of nitrogens with zero attached hydrogens (tertiary/aromatic N) is 1. The number of hydrogen-bond acceptors (Lipinski definition) is 3. The van der Waals surface area contributed by atoms with Crippen LogP contribution >= 0.6 is 0 Å². The quantitative estimate of drug-likeness (QED) is 0.873. The van der Waals surface area contributed by atoms with Crippen molar-refractivity contribution >= 4 is 11.5 Å². The van der Waals surface area contributed by atoms with Crippen LogP contribution in [0, 0.1) is 0 Å². The third-order valence-electron chi connectivity index (χ3n) is 5.84. The van der Waals surface area contributed by atoms with Crippen LogP contribution in [0.3, 0.4) is 0 Å². The number of amides is 1. The van der Waals surface area contributed by atoms with Crippen molar-refractivity contribution in [2.45, 2.75) is 32.3 Å². The van der Waals surface area contributed by atoms with Crippen LogP contribution in [-0.2, 0) is 0 Å². The van der Waals surface area contributed by atoms with Crippen LogP contribution in [-0.4, -0.2) is 42.6 Å². The van der Waals surface area contributed by atoms with Crippen LogP contribution in [0.25, 0.3) is 5.57 Å². The molecule has 28 heavy (non-hydrogen) atoms. The summed E-state index contributed by atoms with van der Waals surface area (Å²) in [7, 11) is 0. The summed E-state index contributed by atoms with van der Waals surface area (Å²) < 4.78 is 6.46. The molecule has 0 radical (unpaired) electrons. The summed E-state index contributed by atoms with van der Waals surface area (Å²) in [4.78, 5) is 14.5. The van der Waals surface area contributed by atoms with E-state index >= 15 is 0 Å². The number of ether oxygens (including phenoxy) is 1. The smallest absolute Gasteiger partial charge is 0.253 e. The Morgan fingerprint density at radius 2 is 1.71 bits per heavy atom. The van der Waals surface area contributed by atoms with Crippen molar-refractivity contribution in [3.8, 4) is 5.75 Å². The zero-order valence-corrected chi connectivity index (χ0v) is 16.7. The van der Waals surface area contributed by atoms with Gasteiger partial charge in [-0.3, -0.25) is 4.79 Å². The van der Waals surface area contributed by atoms with Crippen LogP contribution < -0.4 is 10.1 Å². The topological polar surface area (TPSA) is 41.6 Å². The molecule has 2 heterocycles. The lowest BCUT2D eigenvalue weighted by Crippen LogP contribution is -2.46. The number of rotatable bonds is 4. The predicted molar refractivity (Wildman–Crippen MR) is 113 cm³/mol. The van der Waals surface area contributed by atoms with Crippen molar-refractivity contribution in [2.75, 3.05) is 26.2 Å². The Morgan fingerprint density at radius 3 is 2.39 bits per heavy atom. The van der Waals surface area contributed by atoms with Crippen molar-refractivity contribution in [1.29, 1.82) is 0 Å². The Labute approximate surface area is 167 Å². The van der Waals surface area contributed by atoms with E-state index in [0.717, 1.165) is 61.5 Å². The normalized spacial score (nSPS) is 17.4. The minimum absolute atomic E-state index is 0.0905. The molecule has 1 saturated heterocycles. The number of hydrogen-bond donors (Lipinski definition) is 1. The summed E-state index contributed by atoms with van der Waals surface area (Å²) in [5.41, 5.74) is 3.94. The van der Waals surface area contributed by atoms with Gasteiger partial charge in [0.1, 0.15) is 11.4 Å². The van der Waals surface area contributed by atoms with E-state index in [9.17, 15) is 4.79 Å². The Kier molecular flexibility index (Phi) is 5.23. The number of nitrogens with one attached hydrogen (secondary N) is 1. The van der Waals surface area contributed by atoms with Crippen molar-refractivity contribution < 1.29 is 9.53 Å². The van der Waals surface area contributed by atoms with E-state index in [2.05, 4.69) is 41.7 Å². The molecule has 0 aromatic heterocycles. The lowest BCUT2D eigenvalue weighted by Gasteiger charge is -2.40. The van der Waals surface area contributed by atoms with Gasteiger partial charge in [0.15, 0.2) is 0 Å². The van der Waals surface area contributed by atoms with Gasteiger partial charge in [-0.05, 0) is 62.3 Å². The molecule has 1 spiro atoms. The van der Waals surface area contributed by atoms with Crippen LogP contribution in [0.2, 0.25) is 0 Å². The van der Waals surface area contributed by atoms with Gasteiger partial charge < -0.3 is 15.0 Å². The summed E-state index contributed by atoms with van der Waals surface area (Å²) in [6, 6.07) is 16.3. The lowest BCUT2D eigenvalue weighted by atomic mass is 9.83. The van der Waals surface area contributed by atoms with Crippen molar-refractivity contribution in [2.24, 2.45) is 0 Å². The molecule has 2 aliphatic heterocycles. The van der Waals surface area contributed by atoms with Crippen molar-refractivity contribution in [1.82, 2.24) is 10.2 Å². The highest BCUT2D eigenvalue weighted by Crippen LogP contribution is 2.42. The average Bonchev–Trinajstić information content (AvgIpc) is 2.74. The fourth-order valence-corrected chi connectivity index (χ4v) is 4.19. The molecule has 0 unspecified atom stereocenters. The van der Waals surface area contributed by atoms with Gasteiger partial charge >= 0.3 is 0 Å². The molecule has 0 bridgehead atoms. The van der Waals surface area contributed by atoms with E-state index < -0.39 is 0 Å². The number of fused-ring (bicyclic) bond motifs is 1. The second kappa shape index (κ2) is 7.80. The Morgan fingerprint density at radius 1 is 1.04 bits per heavy atom. The van der Waals surface area contributed by atoms with E-state index in [1.807, 2.05) is 36.9 Å². The first-order chi connectivity index (χ1) is 13.7. The molecule has 4 heteroatoms. The molecular weight excluding hydrogens is 348 g/mol. The maximum atomic E-state index is 12.6. The van der Waals surface area contributed by atoms with Gasteiger partial charge in [-0.25, -0.2) is 0 Å². The fourth-order valence-electron chi connectivity index (χ4n) is 4.19. The molecule has 4 nitrogen and oxygen atoms in total. The van der Waals surface area contributed by atoms with Gasteiger partial charge in [-0.15, -0.1) is 0 Å². The fraction of sp³-hybridized carbons (Fsp3) is 0.375. The maximum Gasteiger partial charge on any atom is 0.253 e. The van der Waals surface area contributed by atoms with Gasteiger partial charge in [0.05, 0.1) is 0 Å². The molecule has 146 valence electrons. The molecule has 2 aromatic rings. The van der Waals surface area contributed by atoms with Gasteiger partial charge in [0, 0.05) is 37.1 Å². The molecule has 2 aromatic carbocycles. The zero-order valence-electron chi connectivity index (χ0n) is 16.7. The largest absolute Gasteiger partial charge is 0.482 e. The van der Waals surface area contributed by atoms with Crippen molar-refractivity contribution in [3.05, 3.63) is 71.3 Å². The number of benzene rings is 2. The number of piperidine rings is 1. The maximum absolute atomic E-state index is 12.6. The second-order valence-corrected chi connectivity index (χ2v) is 7.53. The Balaban J connectivity index is 1.71. The Hall–Kier alpha value is -2.59. The van der Waals surface area contributed by atoms with Crippen LogP contribution in [0.15, 0.2) is 54.6 Å². The zero-order chi connectivity index (χ0) is 19.6. The highest BCUT2D eigenvalue weighted by atomic mass is 16.5. The SMILES string of the molecule is CCN(CC)C(=O)c1ccc(C2=CC3(CCNCC3)Oc3ccccc32)cc1. The minimum Gasteiger partial charge on any atom is -0.482 e. The van der Waals surface area contributed by atoms with E-state index in [0.29, 0.717) is 0 Å². The summed E-state index contributed by atoms with van der Waals surface area (Å²) in [5.74, 6) is 1.04. The van der Waals surface area contributed by atoms with Gasteiger partial charge in [-0.2, -0.15) is 0 Å². The first-order valence-corrected chi connectivity index (χ1v) is 10.3. The number of para-hydroxylation sites is 1. The highest BCUT2D eigenvalue weighted by Gasteiger charge is 2.36. The molecule has 1 fully saturated rings. The predicted octanol–water partition coefficient (Wildman–Crippen LogP) is 4.11. The van der Waals surface area contributed by atoms with Gasteiger partial charge in [0.25, 0.3) is 5.91 Å². The van der Waals surface area contributed by atoms with Crippen LogP contribution in [0.4, 0.5) is 0 Å². The molecule has 0 saturated carbocycles. The summed E-state index contributed by atoms with van der Waals surface area (Å²) in [6.07, 6.45) is 4.23. The molecule has 1 N–H and O–H groups in total. The summed E-state index contributed by atoms with van der Waals surface area (Å²) in [5, 5.41) is 3.43. The van der Waals surface area contributed by atoms with E-state index in [4.69, 9.17) is 4.74 Å². The van der Waals surface area contributed by atoms with Crippen molar-refractivity contribution in [3.63, 3.8) is 0 Å². The standard InChI is InChI=1S/C24H28N2O2/c1-3-26(4-2)23(27)19-11-9-18(10-12-19)21-17-24(13-15-25-16-14-24)28-22-8-6-5-7-20(21)22/h5-12,17,25H,3-4,13-16H2,1-2H3. The van der Waals surface area contributed by atoms with E-state index in [1.165, 1.54) is 5.57 Å². The molecular formula is C24H28N2O2. The van der Waals surface area contributed by atoms with Gasteiger partial charge in [0.2, 0.25) is 0 Å². The van der Waals surface area contributed by atoms with E-state index in [-0.39, 0.29) is 11.5 Å². The number of carbonyl (C=O) groups excluding carboxylic acids is 1. The monoisotopic (exact) mass is 376 g/mol. The Bertz CT molecular complexity index is 876. The molecule has 0 atom stereocenters. The lowest BCUT2D eigenvalue weighted by molar-refractivity contribution is 0.0772.